The van der Waals surface area contributed by atoms with Crippen molar-refractivity contribution in [1.29, 1.82) is 0 Å². The quantitative estimate of drug-likeness (QED) is 0.364. The SMILES string of the molecule is COc1ccc2cc(CN(C)CN3C(=O)NC(Cc4ccccc4)(c4ccccc4)C3=O)ccc2c1. The minimum Gasteiger partial charge on any atom is -0.497 e. The van der Waals surface area contributed by atoms with Gasteiger partial charge in [-0.3, -0.25) is 9.69 Å². The number of nitrogens with zero attached hydrogens (tertiary/aromatic N) is 2. The number of nitrogens with one attached hydrogen (secondary N) is 1. The first kappa shape index (κ1) is 23.6. The first-order chi connectivity index (χ1) is 17.5. The van der Waals surface area contributed by atoms with Crippen LogP contribution in [-0.2, 0) is 23.3 Å². The van der Waals surface area contributed by atoms with Gasteiger partial charge in [0, 0.05) is 13.0 Å². The number of benzene rings is 4. The summed E-state index contributed by atoms with van der Waals surface area (Å²) in [4.78, 5) is 30.3. The number of carbonyl (C=O) groups excluding carboxylic acids is 2. The van der Waals surface area contributed by atoms with Crippen molar-refractivity contribution in [3.8, 4) is 5.75 Å². The van der Waals surface area contributed by atoms with Crippen LogP contribution in [0.4, 0.5) is 4.79 Å². The molecule has 1 saturated heterocycles. The number of amides is 3. The van der Waals surface area contributed by atoms with Crippen LogP contribution >= 0.6 is 0 Å². The topological polar surface area (TPSA) is 61.9 Å². The number of rotatable bonds is 8. The Morgan fingerprint density at radius 2 is 1.50 bits per heavy atom. The zero-order valence-corrected chi connectivity index (χ0v) is 20.5. The largest absolute Gasteiger partial charge is 0.497 e. The maximum atomic E-state index is 13.9. The van der Waals surface area contributed by atoms with Crippen LogP contribution in [0, 0.1) is 0 Å². The van der Waals surface area contributed by atoms with E-state index < -0.39 is 5.54 Å². The Hall–Kier alpha value is -4.16. The lowest BCUT2D eigenvalue weighted by atomic mass is 9.83. The van der Waals surface area contributed by atoms with Gasteiger partial charge in [0.2, 0.25) is 0 Å². The van der Waals surface area contributed by atoms with Crippen LogP contribution in [0.25, 0.3) is 10.8 Å². The Morgan fingerprint density at radius 1 is 0.833 bits per heavy atom. The molecule has 3 amide bonds. The molecule has 6 nitrogen and oxygen atoms in total. The Balaban J connectivity index is 1.36. The number of hydrogen-bond donors (Lipinski definition) is 1. The molecule has 36 heavy (non-hydrogen) atoms. The second kappa shape index (κ2) is 9.84. The predicted molar refractivity (Wildman–Crippen MR) is 140 cm³/mol. The fourth-order valence-corrected chi connectivity index (χ4v) is 4.90. The summed E-state index contributed by atoms with van der Waals surface area (Å²) in [7, 11) is 3.57. The number of hydrogen-bond acceptors (Lipinski definition) is 4. The van der Waals surface area contributed by atoms with Crippen molar-refractivity contribution in [1.82, 2.24) is 15.1 Å². The molecule has 0 spiro atoms. The smallest absolute Gasteiger partial charge is 0.326 e. The zero-order valence-electron chi connectivity index (χ0n) is 20.5. The summed E-state index contributed by atoms with van der Waals surface area (Å²) in [5.41, 5.74) is 1.73. The van der Waals surface area contributed by atoms with Gasteiger partial charge in [0.05, 0.1) is 13.8 Å². The van der Waals surface area contributed by atoms with E-state index >= 15 is 0 Å². The van der Waals surface area contributed by atoms with Crippen LogP contribution in [0.5, 0.6) is 5.75 Å². The summed E-state index contributed by atoms with van der Waals surface area (Å²) >= 11 is 0. The van der Waals surface area contributed by atoms with Gasteiger partial charge in [-0.05, 0) is 52.7 Å². The van der Waals surface area contributed by atoms with Gasteiger partial charge in [-0.1, -0.05) is 78.9 Å². The van der Waals surface area contributed by atoms with Gasteiger partial charge < -0.3 is 10.1 Å². The van der Waals surface area contributed by atoms with E-state index in [-0.39, 0.29) is 18.6 Å². The van der Waals surface area contributed by atoms with E-state index in [9.17, 15) is 9.59 Å². The molecule has 1 fully saturated rings. The molecule has 0 bridgehead atoms. The van der Waals surface area contributed by atoms with E-state index in [0.717, 1.165) is 33.2 Å². The standard InChI is InChI=1S/C30H29N3O3/c1-32(20-23-13-14-25-18-27(36-2)16-15-24(25)17-23)21-33-28(34)30(31-29(33)35,26-11-7-4-8-12-26)19-22-9-5-3-6-10-22/h3-18H,19-21H2,1-2H3,(H,31,35). The van der Waals surface area contributed by atoms with Crippen molar-refractivity contribution in [2.24, 2.45) is 0 Å². The summed E-state index contributed by atoms with van der Waals surface area (Å²) in [6.07, 6.45) is 0.386. The van der Waals surface area contributed by atoms with Crippen molar-refractivity contribution in [2.45, 2.75) is 18.5 Å². The highest BCUT2D eigenvalue weighted by atomic mass is 16.5. The van der Waals surface area contributed by atoms with Gasteiger partial charge in [0.1, 0.15) is 5.75 Å². The zero-order chi connectivity index (χ0) is 25.1. The van der Waals surface area contributed by atoms with Gasteiger partial charge in [-0.15, -0.1) is 0 Å². The summed E-state index contributed by atoms with van der Waals surface area (Å²) < 4.78 is 5.31. The van der Waals surface area contributed by atoms with Crippen LogP contribution in [0.1, 0.15) is 16.7 Å². The van der Waals surface area contributed by atoms with E-state index in [2.05, 4.69) is 23.5 Å². The average molecular weight is 480 g/mol. The van der Waals surface area contributed by atoms with Gasteiger partial charge in [-0.2, -0.15) is 0 Å². The second-order valence-corrected chi connectivity index (χ2v) is 9.30. The molecule has 1 aliphatic rings. The first-order valence-corrected chi connectivity index (χ1v) is 12.0. The molecule has 1 N–H and O–H groups in total. The third-order valence-corrected chi connectivity index (χ3v) is 6.70. The summed E-state index contributed by atoms with van der Waals surface area (Å²) in [6, 6.07) is 31.2. The Bertz CT molecular complexity index is 1390. The van der Waals surface area contributed by atoms with Gasteiger partial charge in [0.15, 0.2) is 5.54 Å². The highest BCUT2D eigenvalue weighted by molar-refractivity contribution is 6.07. The van der Waals surface area contributed by atoms with Crippen molar-refractivity contribution in [3.05, 3.63) is 114 Å². The molecule has 182 valence electrons. The molecule has 0 saturated carbocycles. The monoisotopic (exact) mass is 479 g/mol. The van der Waals surface area contributed by atoms with Gasteiger partial charge in [0.25, 0.3) is 5.91 Å². The lowest BCUT2D eigenvalue weighted by Crippen LogP contribution is -2.46. The van der Waals surface area contributed by atoms with E-state index in [1.807, 2.05) is 90.8 Å². The van der Waals surface area contributed by atoms with Crippen molar-refractivity contribution >= 4 is 22.7 Å². The molecule has 4 aromatic carbocycles. The summed E-state index contributed by atoms with van der Waals surface area (Å²) in [6.45, 7) is 0.782. The van der Waals surface area contributed by atoms with Crippen LogP contribution in [-0.4, -0.2) is 42.6 Å². The number of imide groups is 1. The highest BCUT2D eigenvalue weighted by Crippen LogP contribution is 2.33. The molecular weight excluding hydrogens is 450 g/mol. The van der Waals surface area contributed by atoms with Crippen molar-refractivity contribution in [3.63, 3.8) is 0 Å². The third-order valence-electron chi connectivity index (χ3n) is 6.70. The van der Waals surface area contributed by atoms with E-state index in [1.54, 1.807) is 7.11 Å². The first-order valence-electron chi connectivity index (χ1n) is 12.0. The average Bonchev–Trinajstić information content (AvgIpc) is 3.14. The van der Waals surface area contributed by atoms with E-state index in [4.69, 9.17) is 4.74 Å². The van der Waals surface area contributed by atoms with Crippen LogP contribution in [0.2, 0.25) is 0 Å². The molecule has 4 aromatic rings. The minimum atomic E-state index is -1.14. The Kier molecular flexibility index (Phi) is 6.44. The minimum absolute atomic E-state index is 0.189. The lowest BCUT2D eigenvalue weighted by molar-refractivity contribution is -0.133. The Labute approximate surface area is 211 Å². The predicted octanol–water partition coefficient (Wildman–Crippen LogP) is 4.93. The molecule has 0 aliphatic carbocycles. The van der Waals surface area contributed by atoms with E-state index in [0.29, 0.717) is 13.0 Å². The lowest BCUT2D eigenvalue weighted by Gasteiger charge is -2.28. The maximum Gasteiger partial charge on any atom is 0.326 e. The molecule has 6 heteroatoms. The number of methoxy groups -OCH3 is 1. The molecule has 1 heterocycles. The summed E-state index contributed by atoms with van der Waals surface area (Å²) in [5.74, 6) is 0.586. The molecule has 1 atom stereocenters. The highest BCUT2D eigenvalue weighted by Gasteiger charge is 2.52. The molecule has 1 aliphatic heterocycles. The number of urea groups is 1. The van der Waals surface area contributed by atoms with Crippen LogP contribution < -0.4 is 10.1 Å². The molecule has 5 rings (SSSR count). The number of ether oxygens (including phenoxy) is 1. The normalized spacial score (nSPS) is 17.6. The maximum absolute atomic E-state index is 13.9. The summed E-state index contributed by atoms with van der Waals surface area (Å²) in [5, 5.41) is 5.25. The second-order valence-electron chi connectivity index (χ2n) is 9.30. The van der Waals surface area contributed by atoms with Gasteiger partial charge in [-0.25, -0.2) is 9.69 Å². The molecule has 1 unspecified atom stereocenters. The Morgan fingerprint density at radius 3 is 2.22 bits per heavy atom. The molecule has 0 radical (unpaired) electrons. The van der Waals surface area contributed by atoms with Crippen LogP contribution in [0.15, 0.2) is 97.1 Å². The fraction of sp³-hybridized carbons (Fsp3) is 0.200. The molecule has 0 aromatic heterocycles. The van der Waals surface area contributed by atoms with Gasteiger partial charge >= 0.3 is 6.03 Å². The number of fused-ring (bicyclic) bond motifs is 1. The fourth-order valence-electron chi connectivity index (χ4n) is 4.90. The van der Waals surface area contributed by atoms with Crippen molar-refractivity contribution < 1.29 is 14.3 Å². The van der Waals surface area contributed by atoms with E-state index in [1.165, 1.54) is 4.90 Å². The van der Waals surface area contributed by atoms with Crippen LogP contribution in [0.3, 0.4) is 0 Å². The third kappa shape index (κ3) is 4.55. The molecular formula is C30H29N3O3. The number of carbonyl (C=O) groups is 2. The van der Waals surface area contributed by atoms with Crippen molar-refractivity contribution in [2.75, 3.05) is 20.8 Å².